The van der Waals surface area contributed by atoms with Crippen molar-refractivity contribution in [1.82, 2.24) is 10.2 Å². The fourth-order valence-electron chi connectivity index (χ4n) is 1.58. The number of benzene rings is 1. The van der Waals surface area contributed by atoms with E-state index >= 15 is 0 Å². The Morgan fingerprint density at radius 2 is 2.32 bits per heavy atom. The molecule has 96 valence electrons. The van der Waals surface area contributed by atoms with E-state index in [1.165, 1.54) is 6.20 Å². The van der Waals surface area contributed by atoms with Crippen LogP contribution in [0.3, 0.4) is 0 Å². The van der Waals surface area contributed by atoms with Crippen molar-refractivity contribution in [1.29, 1.82) is 0 Å². The lowest BCUT2D eigenvalue weighted by molar-refractivity contribution is 0.102. The fourth-order valence-corrected chi connectivity index (χ4v) is 1.58. The van der Waals surface area contributed by atoms with Gasteiger partial charge in [0.15, 0.2) is 0 Å². The van der Waals surface area contributed by atoms with E-state index in [-0.39, 0.29) is 12.5 Å². The molecule has 5 nitrogen and oxygen atoms in total. The number of aromatic nitrogens is 2. The van der Waals surface area contributed by atoms with Crippen LogP contribution in [0.4, 0.5) is 5.69 Å². The minimum absolute atomic E-state index is 0.220. The summed E-state index contributed by atoms with van der Waals surface area (Å²) in [6.45, 7) is 1.71. The molecule has 0 aliphatic rings. The Bertz CT molecular complexity index is 636. The molecular weight excluding hydrogens is 242 g/mol. The number of nitrogens with zero attached hydrogens (tertiary/aromatic N) is 1. The van der Waals surface area contributed by atoms with Gasteiger partial charge >= 0.3 is 0 Å². The van der Waals surface area contributed by atoms with Gasteiger partial charge in [-0.2, -0.15) is 5.10 Å². The summed E-state index contributed by atoms with van der Waals surface area (Å²) in [6, 6.07) is 7.12. The number of hydrogen-bond acceptors (Lipinski definition) is 3. The number of aliphatic hydroxyl groups is 1. The Morgan fingerprint density at radius 1 is 1.47 bits per heavy atom. The van der Waals surface area contributed by atoms with E-state index in [0.717, 1.165) is 5.56 Å². The number of carbonyl (C=O) groups is 1. The molecule has 0 aliphatic carbocycles. The van der Waals surface area contributed by atoms with Crippen molar-refractivity contribution in [3.05, 3.63) is 47.3 Å². The molecule has 5 heteroatoms. The van der Waals surface area contributed by atoms with Gasteiger partial charge in [0.05, 0.1) is 5.69 Å². The fraction of sp³-hybridized carbons (Fsp3) is 0.143. The number of hydrogen-bond donors (Lipinski definition) is 3. The predicted octanol–water partition coefficient (Wildman–Crippen LogP) is 1.31. The van der Waals surface area contributed by atoms with Gasteiger partial charge in [0, 0.05) is 11.8 Å². The van der Waals surface area contributed by atoms with Gasteiger partial charge in [0.2, 0.25) is 0 Å². The molecule has 0 saturated heterocycles. The van der Waals surface area contributed by atoms with Crippen molar-refractivity contribution >= 4 is 11.6 Å². The first-order valence-electron chi connectivity index (χ1n) is 5.72. The maximum Gasteiger partial charge on any atom is 0.273 e. The van der Waals surface area contributed by atoms with Crippen LogP contribution in [-0.4, -0.2) is 27.8 Å². The van der Waals surface area contributed by atoms with Gasteiger partial charge in [-0.3, -0.25) is 9.89 Å². The summed E-state index contributed by atoms with van der Waals surface area (Å²) in [5.74, 6) is 5.08. The van der Waals surface area contributed by atoms with Crippen molar-refractivity contribution in [2.24, 2.45) is 0 Å². The summed E-state index contributed by atoms with van der Waals surface area (Å²) in [6.07, 6.45) is 1.51. The van der Waals surface area contributed by atoms with Gasteiger partial charge in [-0.05, 0) is 30.7 Å². The van der Waals surface area contributed by atoms with Gasteiger partial charge in [-0.15, -0.1) is 0 Å². The molecule has 0 bridgehead atoms. The zero-order chi connectivity index (χ0) is 13.7. The van der Waals surface area contributed by atoms with Crippen LogP contribution in [0.5, 0.6) is 0 Å². The minimum Gasteiger partial charge on any atom is -0.384 e. The number of aromatic amines is 1. The van der Waals surface area contributed by atoms with Gasteiger partial charge < -0.3 is 10.4 Å². The molecule has 0 aliphatic heterocycles. The van der Waals surface area contributed by atoms with Crippen molar-refractivity contribution in [2.75, 3.05) is 11.9 Å². The summed E-state index contributed by atoms with van der Waals surface area (Å²) in [5.41, 5.74) is 2.66. The highest BCUT2D eigenvalue weighted by molar-refractivity contribution is 6.03. The number of anilines is 1. The smallest absolute Gasteiger partial charge is 0.273 e. The van der Waals surface area contributed by atoms with Gasteiger partial charge in [0.25, 0.3) is 5.91 Å². The summed E-state index contributed by atoms with van der Waals surface area (Å²) >= 11 is 0. The van der Waals surface area contributed by atoms with Crippen molar-refractivity contribution < 1.29 is 9.90 Å². The van der Waals surface area contributed by atoms with E-state index in [0.29, 0.717) is 16.9 Å². The largest absolute Gasteiger partial charge is 0.384 e. The lowest BCUT2D eigenvalue weighted by Crippen LogP contribution is -2.13. The Hall–Kier alpha value is -2.58. The molecule has 2 aromatic rings. The van der Waals surface area contributed by atoms with Crippen molar-refractivity contribution in [2.45, 2.75) is 6.92 Å². The van der Waals surface area contributed by atoms with Crippen LogP contribution in [0.25, 0.3) is 0 Å². The second-order valence-corrected chi connectivity index (χ2v) is 3.93. The molecule has 0 radical (unpaired) electrons. The highest BCUT2D eigenvalue weighted by atomic mass is 16.2. The molecule has 2 rings (SSSR count). The van der Waals surface area contributed by atoms with Crippen LogP contribution in [0, 0.1) is 18.8 Å². The lowest BCUT2D eigenvalue weighted by atomic mass is 10.1. The van der Waals surface area contributed by atoms with Crippen LogP contribution in [0.2, 0.25) is 0 Å². The highest BCUT2D eigenvalue weighted by Gasteiger charge is 2.09. The quantitative estimate of drug-likeness (QED) is 0.708. The zero-order valence-corrected chi connectivity index (χ0v) is 10.4. The summed E-state index contributed by atoms with van der Waals surface area (Å²) in [4.78, 5) is 11.9. The van der Waals surface area contributed by atoms with E-state index in [4.69, 9.17) is 5.11 Å². The number of rotatable bonds is 2. The first kappa shape index (κ1) is 12.9. The summed E-state index contributed by atoms with van der Waals surface area (Å²) in [7, 11) is 0. The zero-order valence-electron chi connectivity index (χ0n) is 10.4. The van der Waals surface area contributed by atoms with Crippen LogP contribution in [0.15, 0.2) is 30.5 Å². The average molecular weight is 255 g/mol. The Morgan fingerprint density at radius 3 is 3.00 bits per heavy atom. The topological polar surface area (TPSA) is 78.0 Å². The van der Waals surface area contributed by atoms with Crippen molar-refractivity contribution in [3.63, 3.8) is 0 Å². The van der Waals surface area contributed by atoms with E-state index in [9.17, 15) is 4.79 Å². The molecule has 0 saturated carbocycles. The third-order valence-corrected chi connectivity index (χ3v) is 2.47. The Labute approximate surface area is 110 Å². The number of aryl methyl sites for hydroxylation is 1. The van der Waals surface area contributed by atoms with Gasteiger partial charge in [-0.1, -0.05) is 17.9 Å². The Balaban J connectivity index is 2.28. The molecule has 19 heavy (non-hydrogen) atoms. The second-order valence-electron chi connectivity index (χ2n) is 3.93. The molecule has 0 spiro atoms. The molecule has 0 atom stereocenters. The normalized spacial score (nSPS) is 9.58. The van der Waals surface area contributed by atoms with Crippen LogP contribution in [-0.2, 0) is 0 Å². The third kappa shape index (κ3) is 3.21. The average Bonchev–Trinajstić information content (AvgIpc) is 2.92. The maximum atomic E-state index is 11.9. The SMILES string of the molecule is Cc1ccc(C#CCO)c(NC(=O)c2ccn[nH]2)c1. The summed E-state index contributed by atoms with van der Waals surface area (Å²) < 4.78 is 0. The molecule has 3 N–H and O–H groups in total. The first-order chi connectivity index (χ1) is 9.20. The first-order valence-corrected chi connectivity index (χ1v) is 5.72. The molecule has 1 heterocycles. The predicted molar refractivity (Wildman–Crippen MR) is 71.7 cm³/mol. The summed E-state index contributed by atoms with van der Waals surface area (Å²) in [5, 5.41) is 17.8. The molecule has 0 unspecified atom stereocenters. The molecule has 1 aromatic carbocycles. The molecule has 1 aromatic heterocycles. The van der Waals surface area contributed by atoms with Crippen LogP contribution < -0.4 is 5.32 Å². The van der Waals surface area contributed by atoms with Crippen LogP contribution in [0.1, 0.15) is 21.6 Å². The number of H-pyrrole nitrogens is 1. The number of carbonyl (C=O) groups excluding carboxylic acids is 1. The van der Waals surface area contributed by atoms with E-state index in [1.807, 2.05) is 19.1 Å². The minimum atomic E-state index is -0.282. The monoisotopic (exact) mass is 255 g/mol. The van der Waals surface area contributed by atoms with Crippen LogP contribution >= 0.6 is 0 Å². The lowest BCUT2D eigenvalue weighted by Gasteiger charge is -2.07. The number of amides is 1. The Kier molecular flexibility index (Phi) is 3.96. The van der Waals surface area contributed by atoms with Gasteiger partial charge in [0.1, 0.15) is 12.3 Å². The van der Waals surface area contributed by atoms with Crippen molar-refractivity contribution in [3.8, 4) is 11.8 Å². The number of aliphatic hydroxyl groups excluding tert-OH is 1. The molecule has 1 amide bonds. The third-order valence-electron chi connectivity index (χ3n) is 2.47. The van der Waals surface area contributed by atoms with E-state index in [1.54, 1.807) is 12.1 Å². The highest BCUT2D eigenvalue weighted by Crippen LogP contribution is 2.17. The van der Waals surface area contributed by atoms with E-state index < -0.39 is 0 Å². The van der Waals surface area contributed by atoms with E-state index in [2.05, 4.69) is 27.4 Å². The standard InChI is InChI=1S/C14H13N3O2/c1-10-4-5-11(3-2-8-18)13(9-10)16-14(19)12-6-7-15-17-12/h4-7,9,18H,8H2,1H3,(H,15,17)(H,16,19). The number of nitrogens with one attached hydrogen (secondary N) is 2. The molecular formula is C14H13N3O2. The maximum absolute atomic E-state index is 11.9. The van der Waals surface area contributed by atoms with Gasteiger partial charge in [-0.25, -0.2) is 0 Å². The molecule has 0 fully saturated rings. The second kappa shape index (κ2) is 5.85.